The Hall–Kier alpha value is -3.37. The summed E-state index contributed by atoms with van der Waals surface area (Å²) in [6.45, 7) is 2.47. The zero-order chi connectivity index (χ0) is 22.9. The number of nitrogens with zero attached hydrogens (tertiary/aromatic N) is 5. The van der Waals surface area contributed by atoms with Gasteiger partial charge in [0.05, 0.1) is 7.11 Å². The van der Waals surface area contributed by atoms with E-state index in [2.05, 4.69) is 15.1 Å². The van der Waals surface area contributed by atoms with Crippen LogP contribution in [0.2, 0.25) is 0 Å². The van der Waals surface area contributed by atoms with E-state index in [9.17, 15) is 18.0 Å². The number of amides is 1. The van der Waals surface area contributed by atoms with E-state index in [0.717, 1.165) is 12.4 Å². The molecule has 11 heteroatoms. The van der Waals surface area contributed by atoms with E-state index in [1.165, 1.54) is 0 Å². The number of fused-ring (bicyclic) bond motifs is 1. The van der Waals surface area contributed by atoms with Gasteiger partial charge in [0.1, 0.15) is 17.8 Å². The summed E-state index contributed by atoms with van der Waals surface area (Å²) in [5, 5.41) is 3.62. The van der Waals surface area contributed by atoms with Gasteiger partial charge in [0.25, 0.3) is 11.7 Å². The summed E-state index contributed by atoms with van der Waals surface area (Å²) in [4.78, 5) is 22.6. The van der Waals surface area contributed by atoms with Gasteiger partial charge >= 0.3 is 6.18 Å². The molecule has 3 heterocycles. The molecule has 1 amide bonds. The number of methoxy groups -OCH3 is 1. The summed E-state index contributed by atoms with van der Waals surface area (Å²) in [6.07, 6.45) is -3.25. The number of carbonyl (C=O) groups is 1. The summed E-state index contributed by atoms with van der Waals surface area (Å²) in [6, 6.07) is 8.01. The Balaban J connectivity index is 1.42. The number of benzene rings is 1. The Morgan fingerprint density at radius 1 is 1.19 bits per heavy atom. The van der Waals surface area contributed by atoms with Crippen molar-refractivity contribution in [3.8, 4) is 11.5 Å². The molecule has 1 atom stereocenters. The van der Waals surface area contributed by atoms with Crippen LogP contribution in [0.4, 0.5) is 13.2 Å². The third kappa shape index (κ3) is 4.46. The summed E-state index contributed by atoms with van der Waals surface area (Å²) < 4.78 is 51.9. The molecule has 0 saturated carbocycles. The lowest BCUT2D eigenvalue weighted by Gasteiger charge is -2.33. The van der Waals surface area contributed by atoms with Gasteiger partial charge in [-0.05, 0) is 38.0 Å². The lowest BCUT2D eigenvalue weighted by atomic mass is 9.92. The molecule has 2 aromatic heterocycles. The highest BCUT2D eigenvalue weighted by atomic mass is 19.4. The molecule has 1 aliphatic heterocycles. The van der Waals surface area contributed by atoms with Crippen LogP contribution in [0.1, 0.15) is 37.1 Å². The van der Waals surface area contributed by atoms with Gasteiger partial charge in [-0.1, -0.05) is 6.07 Å². The number of ether oxygens (including phenoxy) is 2. The van der Waals surface area contributed by atoms with Crippen molar-refractivity contribution in [1.82, 2.24) is 24.5 Å². The van der Waals surface area contributed by atoms with Crippen molar-refractivity contribution in [2.45, 2.75) is 38.0 Å². The molecule has 0 radical (unpaired) electrons. The van der Waals surface area contributed by atoms with E-state index in [1.54, 1.807) is 43.2 Å². The van der Waals surface area contributed by atoms with Crippen LogP contribution in [0, 0.1) is 0 Å². The maximum atomic E-state index is 13.4. The van der Waals surface area contributed by atoms with Gasteiger partial charge in [0, 0.05) is 30.8 Å². The molecule has 1 saturated heterocycles. The summed E-state index contributed by atoms with van der Waals surface area (Å²) in [7, 11) is 1.55. The Kier molecular flexibility index (Phi) is 5.90. The first-order chi connectivity index (χ1) is 15.3. The minimum Gasteiger partial charge on any atom is -0.497 e. The molecule has 0 bridgehead atoms. The molecular formula is C21H22F3N5O3. The van der Waals surface area contributed by atoms with Crippen LogP contribution in [-0.2, 0) is 11.0 Å². The van der Waals surface area contributed by atoms with Crippen LogP contribution in [-0.4, -0.2) is 56.7 Å². The number of carbonyl (C=O) groups excluding carboxylic acids is 1. The van der Waals surface area contributed by atoms with E-state index in [-0.39, 0.29) is 17.6 Å². The second-order valence-electron chi connectivity index (χ2n) is 7.57. The van der Waals surface area contributed by atoms with Crippen LogP contribution < -0.4 is 9.47 Å². The molecule has 170 valence electrons. The summed E-state index contributed by atoms with van der Waals surface area (Å²) in [5.74, 6) is 0.664. The number of aromatic nitrogens is 4. The fourth-order valence-electron chi connectivity index (χ4n) is 3.82. The van der Waals surface area contributed by atoms with E-state index in [0.29, 0.717) is 47.6 Å². The molecular weight excluding hydrogens is 427 g/mol. The number of likely N-dealkylation sites (tertiary alicyclic amines) is 1. The van der Waals surface area contributed by atoms with Crippen molar-refractivity contribution >= 4 is 11.7 Å². The van der Waals surface area contributed by atoms with E-state index in [1.807, 2.05) is 0 Å². The van der Waals surface area contributed by atoms with Gasteiger partial charge in [-0.2, -0.15) is 27.8 Å². The standard InChI is InChI=1S/C21H22F3N5O3/c1-13(32-16-5-3-4-15(10-16)31-2)19(30)28-8-6-14(7-9-28)17-11-18(21(22,23)24)29-20(27-17)25-12-26-29/h3-5,10-14H,6-9H2,1-2H3. The van der Waals surface area contributed by atoms with E-state index >= 15 is 0 Å². The number of hydrogen-bond acceptors (Lipinski definition) is 6. The van der Waals surface area contributed by atoms with Crippen LogP contribution >= 0.6 is 0 Å². The van der Waals surface area contributed by atoms with Crippen molar-refractivity contribution in [2.24, 2.45) is 0 Å². The minimum absolute atomic E-state index is 0.0892. The predicted octanol–water partition coefficient (Wildman–Crippen LogP) is 3.33. The Bertz CT molecular complexity index is 1110. The van der Waals surface area contributed by atoms with Crippen molar-refractivity contribution in [3.05, 3.63) is 48.0 Å². The predicted molar refractivity (Wildman–Crippen MR) is 107 cm³/mol. The number of rotatable bonds is 5. The van der Waals surface area contributed by atoms with Gasteiger partial charge < -0.3 is 14.4 Å². The van der Waals surface area contributed by atoms with Crippen molar-refractivity contribution in [1.29, 1.82) is 0 Å². The number of piperidine rings is 1. The average molecular weight is 449 g/mol. The molecule has 32 heavy (non-hydrogen) atoms. The van der Waals surface area contributed by atoms with E-state index < -0.39 is 18.0 Å². The topological polar surface area (TPSA) is 81.9 Å². The molecule has 1 aromatic carbocycles. The summed E-state index contributed by atoms with van der Waals surface area (Å²) in [5.41, 5.74) is -0.598. The Morgan fingerprint density at radius 2 is 1.91 bits per heavy atom. The van der Waals surface area contributed by atoms with Crippen LogP contribution in [0.25, 0.3) is 5.78 Å². The normalized spacial score (nSPS) is 16.2. The molecule has 3 aromatic rings. The van der Waals surface area contributed by atoms with Gasteiger partial charge in [-0.15, -0.1) is 0 Å². The molecule has 0 aliphatic carbocycles. The zero-order valence-corrected chi connectivity index (χ0v) is 17.5. The van der Waals surface area contributed by atoms with Crippen molar-refractivity contribution in [2.75, 3.05) is 20.2 Å². The maximum Gasteiger partial charge on any atom is 0.433 e. The molecule has 8 nitrogen and oxygen atoms in total. The smallest absolute Gasteiger partial charge is 0.433 e. The minimum atomic E-state index is -4.58. The summed E-state index contributed by atoms with van der Waals surface area (Å²) >= 11 is 0. The van der Waals surface area contributed by atoms with Crippen LogP contribution in [0.15, 0.2) is 36.7 Å². The molecule has 0 N–H and O–H groups in total. The fraction of sp³-hybridized carbons (Fsp3) is 0.429. The third-order valence-corrected chi connectivity index (χ3v) is 5.49. The molecule has 1 unspecified atom stereocenters. The van der Waals surface area contributed by atoms with Crippen LogP contribution in [0.5, 0.6) is 11.5 Å². The maximum absolute atomic E-state index is 13.4. The first kappa shape index (κ1) is 21.8. The van der Waals surface area contributed by atoms with Gasteiger partial charge in [-0.3, -0.25) is 4.79 Å². The highest BCUT2D eigenvalue weighted by molar-refractivity contribution is 5.81. The third-order valence-electron chi connectivity index (χ3n) is 5.49. The second-order valence-corrected chi connectivity index (χ2v) is 7.57. The molecule has 4 rings (SSSR count). The monoisotopic (exact) mass is 449 g/mol. The number of halogens is 3. The second kappa shape index (κ2) is 8.64. The molecule has 1 aliphatic rings. The fourth-order valence-corrected chi connectivity index (χ4v) is 3.82. The number of hydrogen-bond donors (Lipinski definition) is 0. The first-order valence-electron chi connectivity index (χ1n) is 10.1. The average Bonchev–Trinajstić information content (AvgIpc) is 3.26. The lowest BCUT2D eigenvalue weighted by Crippen LogP contribution is -2.44. The van der Waals surface area contributed by atoms with Gasteiger partial charge in [-0.25, -0.2) is 4.98 Å². The molecule has 0 spiro atoms. The lowest BCUT2D eigenvalue weighted by molar-refractivity contribution is -0.142. The van der Waals surface area contributed by atoms with Crippen LogP contribution in [0.3, 0.4) is 0 Å². The quantitative estimate of drug-likeness (QED) is 0.595. The largest absolute Gasteiger partial charge is 0.497 e. The van der Waals surface area contributed by atoms with Gasteiger partial charge in [0.15, 0.2) is 11.8 Å². The zero-order valence-electron chi connectivity index (χ0n) is 17.5. The number of alkyl halides is 3. The SMILES string of the molecule is COc1cccc(OC(C)C(=O)N2CCC(c3cc(C(F)(F)F)n4ncnc4n3)CC2)c1. The Morgan fingerprint density at radius 3 is 2.59 bits per heavy atom. The Labute approximate surface area is 182 Å². The highest BCUT2D eigenvalue weighted by Crippen LogP contribution is 2.33. The van der Waals surface area contributed by atoms with Crippen molar-refractivity contribution < 1.29 is 27.4 Å². The molecule has 1 fully saturated rings. The van der Waals surface area contributed by atoms with Crippen molar-refractivity contribution in [3.63, 3.8) is 0 Å². The van der Waals surface area contributed by atoms with Gasteiger partial charge in [0.2, 0.25) is 0 Å². The first-order valence-corrected chi connectivity index (χ1v) is 10.1. The van der Waals surface area contributed by atoms with E-state index in [4.69, 9.17) is 9.47 Å². The highest BCUT2D eigenvalue weighted by Gasteiger charge is 2.36.